The molecule has 1 rings (SSSR count). The number of carboxylic acid groups (broad SMARTS) is 1. The van der Waals surface area contributed by atoms with Gasteiger partial charge in [-0.3, -0.25) is 4.79 Å². The smallest absolute Gasteiger partial charge is 0.481 e. The van der Waals surface area contributed by atoms with Crippen molar-refractivity contribution in [2.75, 3.05) is 0 Å². The summed E-state index contributed by atoms with van der Waals surface area (Å²) < 4.78 is 1.25. The van der Waals surface area contributed by atoms with E-state index in [0.717, 1.165) is 0 Å². The van der Waals surface area contributed by atoms with Crippen LogP contribution in [0, 0.1) is 10.1 Å². The summed E-state index contributed by atoms with van der Waals surface area (Å²) in [6, 6.07) is 0. The minimum atomic E-state index is -0.903. The number of aryl methyl sites for hydroxylation is 1. The minimum absolute atomic E-state index is 0.00760. The van der Waals surface area contributed by atoms with Crippen molar-refractivity contribution in [1.29, 1.82) is 0 Å². The van der Waals surface area contributed by atoms with Gasteiger partial charge in [-0.05, 0) is 11.3 Å². The highest BCUT2D eigenvalue weighted by Gasteiger charge is 2.12. The van der Waals surface area contributed by atoms with Gasteiger partial charge in [0.15, 0.2) is 0 Å². The topological polar surface area (TPSA) is 111 Å². The third kappa shape index (κ3) is 2.81. The molecule has 0 aliphatic rings. The Bertz CT molecular complexity index is 347. The molecule has 1 aromatic heterocycles. The molecule has 0 bridgehead atoms. The first kappa shape index (κ1) is 10.1. The number of rotatable bonds is 5. The SMILES string of the molecule is O=C(O)CCCn1cnc([N+](=O)[O-])n1. The van der Waals surface area contributed by atoms with Crippen LogP contribution in [0.5, 0.6) is 0 Å². The van der Waals surface area contributed by atoms with Crippen molar-refractivity contribution in [3.63, 3.8) is 0 Å². The van der Waals surface area contributed by atoms with Crippen molar-refractivity contribution in [1.82, 2.24) is 14.8 Å². The van der Waals surface area contributed by atoms with E-state index in [9.17, 15) is 14.9 Å². The first-order valence-corrected chi connectivity index (χ1v) is 3.85. The molecule has 0 radical (unpaired) electrons. The molecule has 0 spiro atoms. The Labute approximate surface area is 78.3 Å². The van der Waals surface area contributed by atoms with Crippen LogP contribution in [0.15, 0.2) is 6.33 Å². The second-order valence-corrected chi connectivity index (χ2v) is 2.56. The molecule has 76 valence electrons. The molecule has 0 saturated heterocycles. The van der Waals surface area contributed by atoms with Gasteiger partial charge in [-0.2, -0.15) is 4.68 Å². The fraction of sp³-hybridized carbons (Fsp3) is 0.500. The fourth-order valence-electron chi connectivity index (χ4n) is 0.868. The Kier molecular flexibility index (Phi) is 3.10. The van der Waals surface area contributed by atoms with Gasteiger partial charge in [-0.15, -0.1) is 0 Å². The summed E-state index contributed by atoms with van der Waals surface area (Å²) in [5, 5.41) is 22.0. The molecule has 0 aromatic carbocycles. The summed E-state index contributed by atoms with van der Waals surface area (Å²) in [4.78, 5) is 23.0. The molecule has 1 N–H and O–H groups in total. The summed E-state index contributed by atoms with van der Waals surface area (Å²) >= 11 is 0. The standard InChI is InChI=1S/C6H8N4O4/c11-5(12)2-1-3-9-4-7-6(8-9)10(13)14/h4H,1-3H2,(H,11,12). The Hall–Kier alpha value is -1.99. The van der Waals surface area contributed by atoms with E-state index in [-0.39, 0.29) is 6.42 Å². The van der Waals surface area contributed by atoms with Crippen molar-refractivity contribution in [3.8, 4) is 0 Å². The predicted molar refractivity (Wildman–Crippen MR) is 43.5 cm³/mol. The van der Waals surface area contributed by atoms with Crippen LogP contribution in [0.4, 0.5) is 5.95 Å². The average Bonchev–Trinajstić information content (AvgIpc) is 2.52. The van der Waals surface area contributed by atoms with Crippen molar-refractivity contribution in [2.45, 2.75) is 19.4 Å². The number of aliphatic carboxylic acids is 1. The van der Waals surface area contributed by atoms with Gasteiger partial charge in [-0.25, -0.2) is 0 Å². The number of hydrogen-bond acceptors (Lipinski definition) is 5. The van der Waals surface area contributed by atoms with Crippen LogP contribution in [0.2, 0.25) is 0 Å². The van der Waals surface area contributed by atoms with Crippen molar-refractivity contribution < 1.29 is 14.8 Å². The molecule has 0 aliphatic carbocycles. The van der Waals surface area contributed by atoms with Crippen LogP contribution >= 0.6 is 0 Å². The van der Waals surface area contributed by atoms with Crippen molar-refractivity contribution in [2.24, 2.45) is 0 Å². The molecule has 14 heavy (non-hydrogen) atoms. The van der Waals surface area contributed by atoms with E-state index in [0.29, 0.717) is 13.0 Å². The molecule has 0 amide bonds. The zero-order valence-corrected chi connectivity index (χ0v) is 7.16. The van der Waals surface area contributed by atoms with Crippen LogP contribution in [0.3, 0.4) is 0 Å². The van der Waals surface area contributed by atoms with Gasteiger partial charge in [0.25, 0.3) is 0 Å². The number of hydrogen-bond donors (Lipinski definition) is 1. The minimum Gasteiger partial charge on any atom is -0.481 e. The Morgan fingerprint density at radius 1 is 1.71 bits per heavy atom. The van der Waals surface area contributed by atoms with Gasteiger partial charge in [0.2, 0.25) is 6.33 Å². The Morgan fingerprint density at radius 2 is 2.43 bits per heavy atom. The van der Waals surface area contributed by atoms with Crippen LogP contribution in [-0.4, -0.2) is 30.8 Å². The second-order valence-electron chi connectivity index (χ2n) is 2.56. The quantitative estimate of drug-likeness (QED) is 0.531. The average molecular weight is 200 g/mol. The van der Waals surface area contributed by atoms with Gasteiger partial charge >= 0.3 is 11.9 Å². The van der Waals surface area contributed by atoms with Gasteiger partial charge in [0.1, 0.15) is 0 Å². The molecule has 0 aliphatic heterocycles. The molecule has 0 atom stereocenters. The molecule has 1 heterocycles. The molecular formula is C6H8N4O4. The van der Waals surface area contributed by atoms with Gasteiger partial charge in [-0.1, -0.05) is 4.98 Å². The van der Waals surface area contributed by atoms with Crippen molar-refractivity contribution >= 4 is 11.9 Å². The van der Waals surface area contributed by atoms with Crippen LogP contribution in [0.1, 0.15) is 12.8 Å². The maximum Gasteiger partial charge on any atom is 0.490 e. The van der Waals surface area contributed by atoms with Crippen LogP contribution in [0.25, 0.3) is 0 Å². The van der Waals surface area contributed by atoms with E-state index < -0.39 is 16.8 Å². The Balaban J connectivity index is 2.44. The van der Waals surface area contributed by atoms with E-state index in [1.54, 1.807) is 0 Å². The summed E-state index contributed by atoms with van der Waals surface area (Å²) in [6.45, 7) is 0.313. The van der Waals surface area contributed by atoms with E-state index in [1.165, 1.54) is 11.0 Å². The number of carbonyl (C=O) groups is 1. The monoisotopic (exact) mass is 200 g/mol. The van der Waals surface area contributed by atoms with Gasteiger partial charge in [0.05, 0.1) is 6.54 Å². The highest BCUT2D eigenvalue weighted by Crippen LogP contribution is 2.01. The zero-order chi connectivity index (χ0) is 10.6. The molecule has 0 unspecified atom stereocenters. The molecular weight excluding hydrogens is 192 g/mol. The molecule has 8 nitrogen and oxygen atoms in total. The molecule has 0 saturated carbocycles. The van der Waals surface area contributed by atoms with Crippen LogP contribution in [-0.2, 0) is 11.3 Å². The van der Waals surface area contributed by atoms with Crippen molar-refractivity contribution in [3.05, 3.63) is 16.4 Å². The number of carboxylic acids is 1. The first-order valence-electron chi connectivity index (χ1n) is 3.85. The summed E-state index contributed by atoms with van der Waals surface area (Å²) in [5.41, 5.74) is 0. The lowest BCUT2D eigenvalue weighted by Gasteiger charge is -1.92. The Morgan fingerprint density at radius 3 is 2.93 bits per heavy atom. The first-order chi connectivity index (χ1) is 6.59. The second kappa shape index (κ2) is 4.30. The van der Waals surface area contributed by atoms with E-state index in [4.69, 9.17) is 5.11 Å². The maximum atomic E-state index is 10.2. The van der Waals surface area contributed by atoms with Gasteiger partial charge in [0, 0.05) is 11.5 Å². The normalized spacial score (nSPS) is 10.0. The number of nitro groups is 1. The lowest BCUT2D eigenvalue weighted by Crippen LogP contribution is -2.03. The summed E-state index contributed by atoms with van der Waals surface area (Å²) in [6.07, 6.45) is 1.59. The maximum absolute atomic E-state index is 10.2. The predicted octanol–water partition coefficient (Wildman–Crippen LogP) is 0.0511. The van der Waals surface area contributed by atoms with Gasteiger partial charge < -0.3 is 15.2 Å². The lowest BCUT2D eigenvalue weighted by atomic mass is 10.3. The lowest BCUT2D eigenvalue weighted by molar-refractivity contribution is -0.394. The highest BCUT2D eigenvalue weighted by molar-refractivity contribution is 5.66. The van der Waals surface area contributed by atoms with Crippen LogP contribution < -0.4 is 0 Å². The third-order valence-electron chi connectivity index (χ3n) is 1.47. The molecule has 8 heteroatoms. The van der Waals surface area contributed by atoms with E-state index in [2.05, 4.69) is 10.1 Å². The zero-order valence-electron chi connectivity index (χ0n) is 7.16. The number of nitrogens with zero attached hydrogens (tertiary/aromatic N) is 4. The fourth-order valence-corrected chi connectivity index (χ4v) is 0.868. The summed E-state index contributed by atoms with van der Waals surface area (Å²) in [5.74, 6) is -1.38. The number of aromatic nitrogens is 3. The largest absolute Gasteiger partial charge is 0.490 e. The van der Waals surface area contributed by atoms with E-state index >= 15 is 0 Å². The molecule has 0 fully saturated rings. The highest BCUT2D eigenvalue weighted by atomic mass is 16.6. The molecule has 1 aromatic rings. The van der Waals surface area contributed by atoms with E-state index in [1.807, 2.05) is 0 Å². The third-order valence-corrected chi connectivity index (χ3v) is 1.47. The summed E-state index contributed by atoms with van der Waals surface area (Å²) in [7, 11) is 0.